The van der Waals surface area contributed by atoms with Crippen molar-refractivity contribution >= 4 is 110 Å². The minimum atomic E-state index is -2.98. The van der Waals surface area contributed by atoms with Crippen LogP contribution >= 0.6 is 11.3 Å². The predicted octanol–water partition coefficient (Wildman–Crippen LogP) is 9.88. The van der Waals surface area contributed by atoms with Crippen LogP contribution in [0.4, 0.5) is 0 Å². The van der Waals surface area contributed by atoms with E-state index >= 15 is 0 Å². The average Bonchev–Trinajstić information content (AvgIpc) is 4.00. The molecule has 7 aromatic carbocycles. The number of hydrogen-bond donors (Lipinski definition) is 0. The van der Waals surface area contributed by atoms with Crippen LogP contribution in [0.3, 0.4) is 0 Å². The summed E-state index contributed by atoms with van der Waals surface area (Å²) in [5.74, 6) is 0. The lowest BCUT2D eigenvalue weighted by atomic mass is 10.1. The highest BCUT2D eigenvalue weighted by Crippen LogP contribution is 2.42. The zero-order valence-electron chi connectivity index (χ0n) is 30.2. The molecule has 12 aromatic rings. The second-order valence-electron chi connectivity index (χ2n) is 14.6. The molecular formula is C50H32N4SSi. The van der Waals surface area contributed by atoms with Gasteiger partial charge in [-0.3, -0.25) is 8.97 Å². The molecule has 0 amide bonds. The van der Waals surface area contributed by atoms with Gasteiger partial charge in [-0.2, -0.15) is 0 Å². The molecule has 0 fully saturated rings. The fraction of sp³-hybridized carbons (Fsp3) is 0. The van der Waals surface area contributed by atoms with Crippen LogP contribution in [-0.2, 0) is 0 Å². The van der Waals surface area contributed by atoms with Gasteiger partial charge in [-0.15, -0.1) is 11.3 Å². The molecule has 262 valence electrons. The van der Waals surface area contributed by atoms with Gasteiger partial charge in [-0.1, -0.05) is 133 Å². The molecule has 6 heteroatoms. The Kier molecular flexibility index (Phi) is 6.79. The fourth-order valence-corrected chi connectivity index (χ4v) is 15.3. The Balaban J connectivity index is 1.21. The molecule has 0 unspecified atom stereocenters. The summed E-state index contributed by atoms with van der Waals surface area (Å²) in [6.07, 6.45) is 5.93. The van der Waals surface area contributed by atoms with Gasteiger partial charge in [-0.05, 0) is 68.6 Å². The van der Waals surface area contributed by atoms with Gasteiger partial charge in [0, 0.05) is 66.0 Å². The van der Waals surface area contributed by atoms with Gasteiger partial charge < -0.3 is 0 Å². The van der Waals surface area contributed by atoms with Crippen LogP contribution in [0.1, 0.15) is 0 Å². The third kappa shape index (κ3) is 4.33. The summed E-state index contributed by atoms with van der Waals surface area (Å²) in [7, 11) is -2.98. The van der Waals surface area contributed by atoms with E-state index in [1.54, 1.807) is 0 Å². The van der Waals surface area contributed by atoms with Crippen LogP contribution in [0.5, 0.6) is 0 Å². The maximum Gasteiger partial charge on any atom is 0.179 e. The van der Waals surface area contributed by atoms with E-state index < -0.39 is 8.07 Å². The molecule has 5 heterocycles. The number of aromatic nitrogens is 4. The highest BCUT2D eigenvalue weighted by atomic mass is 32.1. The molecule has 12 rings (SSSR count). The Morgan fingerprint density at radius 1 is 0.429 bits per heavy atom. The smallest absolute Gasteiger partial charge is 0.179 e. The van der Waals surface area contributed by atoms with E-state index in [9.17, 15) is 0 Å². The summed E-state index contributed by atoms with van der Waals surface area (Å²) in [6, 6.07) is 65.2. The van der Waals surface area contributed by atoms with E-state index in [1.807, 2.05) is 23.7 Å². The summed E-state index contributed by atoms with van der Waals surface area (Å²) < 4.78 is 7.24. The van der Waals surface area contributed by atoms with Crippen molar-refractivity contribution in [2.75, 3.05) is 0 Å². The second-order valence-corrected chi connectivity index (χ2v) is 19.5. The normalized spacial score (nSPS) is 12.3. The van der Waals surface area contributed by atoms with Gasteiger partial charge in [-0.25, -0.2) is 9.97 Å². The Labute approximate surface area is 327 Å². The van der Waals surface area contributed by atoms with Crippen LogP contribution in [0.25, 0.3) is 75.1 Å². The van der Waals surface area contributed by atoms with E-state index in [0.717, 1.165) is 33.3 Å². The number of rotatable bonds is 5. The zero-order valence-corrected chi connectivity index (χ0v) is 32.0. The highest BCUT2D eigenvalue weighted by Gasteiger charge is 2.42. The van der Waals surface area contributed by atoms with Crippen molar-refractivity contribution in [2.24, 2.45) is 0 Å². The number of para-hydroxylation sites is 1. The van der Waals surface area contributed by atoms with E-state index in [2.05, 4.69) is 191 Å². The number of benzene rings is 7. The monoisotopic (exact) mass is 748 g/mol. The van der Waals surface area contributed by atoms with Crippen LogP contribution < -0.4 is 20.7 Å². The van der Waals surface area contributed by atoms with Crippen molar-refractivity contribution in [3.05, 3.63) is 195 Å². The molecule has 0 spiro atoms. The fourth-order valence-electron chi connectivity index (χ4n) is 9.45. The molecule has 0 aliphatic heterocycles. The number of fused-ring (bicyclic) bond motifs is 13. The molecule has 0 atom stereocenters. The largest absolute Gasteiger partial charge is 0.299 e. The first-order chi connectivity index (χ1) is 27.8. The molecule has 0 radical (unpaired) electrons. The van der Waals surface area contributed by atoms with E-state index in [-0.39, 0.29) is 0 Å². The third-order valence-electron chi connectivity index (χ3n) is 11.8. The lowest BCUT2D eigenvalue weighted by Gasteiger charge is -2.35. The molecular weight excluding hydrogens is 717 g/mol. The van der Waals surface area contributed by atoms with Crippen molar-refractivity contribution in [2.45, 2.75) is 0 Å². The van der Waals surface area contributed by atoms with Crippen LogP contribution in [0, 0.1) is 0 Å². The molecule has 0 aliphatic rings. The number of hydrogen-bond acceptors (Lipinski definition) is 3. The van der Waals surface area contributed by atoms with Gasteiger partial charge >= 0.3 is 0 Å². The Bertz CT molecular complexity index is 3450. The Morgan fingerprint density at radius 2 is 1.11 bits per heavy atom. The first-order valence-electron chi connectivity index (χ1n) is 19.0. The first kappa shape index (κ1) is 31.5. The molecule has 0 saturated heterocycles. The average molecular weight is 749 g/mol. The van der Waals surface area contributed by atoms with Crippen molar-refractivity contribution in [1.82, 2.24) is 18.9 Å². The van der Waals surface area contributed by atoms with E-state index in [0.29, 0.717) is 0 Å². The maximum atomic E-state index is 5.08. The van der Waals surface area contributed by atoms with Gasteiger partial charge in [0.15, 0.2) is 8.07 Å². The molecule has 0 aliphatic carbocycles. The first-order valence-corrected chi connectivity index (χ1v) is 21.8. The molecule has 56 heavy (non-hydrogen) atoms. The quantitative estimate of drug-likeness (QED) is 0.0999. The Hall–Kier alpha value is -6.86. The van der Waals surface area contributed by atoms with Crippen molar-refractivity contribution in [3.63, 3.8) is 0 Å². The van der Waals surface area contributed by atoms with Crippen LogP contribution in [0.15, 0.2) is 195 Å². The number of imidazole rings is 1. The minimum absolute atomic E-state index is 0.966. The van der Waals surface area contributed by atoms with Gasteiger partial charge in [0.25, 0.3) is 0 Å². The summed E-state index contributed by atoms with van der Waals surface area (Å²) in [4.78, 5) is 10.0. The number of pyridine rings is 2. The summed E-state index contributed by atoms with van der Waals surface area (Å²) >= 11 is 1.86. The number of thiophene rings is 1. The van der Waals surface area contributed by atoms with Gasteiger partial charge in [0.2, 0.25) is 0 Å². The highest BCUT2D eigenvalue weighted by molar-refractivity contribution is 7.26. The lowest BCUT2D eigenvalue weighted by Crippen LogP contribution is -2.74. The lowest BCUT2D eigenvalue weighted by molar-refractivity contribution is 1.14. The molecule has 0 N–H and O–H groups in total. The van der Waals surface area contributed by atoms with Crippen molar-refractivity contribution in [3.8, 4) is 5.69 Å². The third-order valence-corrected chi connectivity index (χ3v) is 17.7. The van der Waals surface area contributed by atoms with Crippen LogP contribution in [0.2, 0.25) is 0 Å². The maximum absolute atomic E-state index is 5.08. The van der Waals surface area contributed by atoms with Crippen molar-refractivity contribution < 1.29 is 0 Å². The summed E-state index contributed by atoms with van der Waals surface area (Å²) in [6.45, 7) is 0. The van der Waals surface area contributed by atoms with E-state index in [4.69, 9.17) is 9.97 Å². The number of nitrogens with zero attached hydrogens (tertiary/aromatic N) is 4. The van der Waals surface area contributed by atoms with Crippen molar-refractivity contribution in [1.29, 1.82) is 0 Å². The second kappa shape index (κ2) is 12.1. The SMILES string of the molecule is c1ccc([Si](c2ccccc2)(c2cccc(-n3c4ncccc4c4ccc5sc6ccccc6c5c43)c2)c2ccc3c4ccccc4n4ccnc4c3c2)cc1. The van der Waals surface area contributed by atoms with Gasteiger partial charge in [0.1, 0.15) is 11.3 Å². The Morgan fingerprint density at radius 3 is 1.95 bits per heavy atom. The van der Waals surface area contributed by atoms with Crippen LogP contribution in [-0.4, -0.2) is 27.0 Å². The minimum Gasteiger partial charge on any atom is -0.299 e. The zero-order chi connectivity index (χ0) is 36.8. The molecule has 0 bridgehead atoms. The molecule has 0 saturated carbocycles. The summed E-state index contributed by atoms with van der Waals surface area (Å²) in [5.41, 5.74) is 5.41. The predicted molar refractivity (Wildman–Crippen MR) is 239 cm³/mol. The van der Waals surface area contributed by atoms with E-state index in [1.165, 1.54) is 62.6 Å². The topological polar surface area (TPSA) is 35.1 Å². The standard InChI is InChI=1S/C50H32N4SSi/c1-3-14-34(15-4-1)56(35-16-5-2-6-17-35,37-24-25-38-39-19-7-9-22-44(39)53-30-29-52-49(53)43(38)32-37)36-18-11-13-33(31-36)54-48-40(41-21-12-28-51-50(41)54)26-27-46-47(48)42-20-8-10-23-45(42)55-46/h1-32H. The molecule has 4 nitrogen and oxygen atoms in total. The molecule has 5 aromatic heterocycles. The van der Waals surface area contributed by atoms with Gasteiger partial charge in [0.05, 0.1) is 11.0 Å². The summed E-state index contributed by atoms with van der Waals surface area (Å²) in [5, 5.41) is 13.8.